The average Bonchev–Trinajstić information content (AvgIpc) is 3.00. The first-order chi connectivity index (χ1) is 21.6. The van der Waals surface area contributed by atoms with Crippen LogP contribution in [0, 0.1) is 0 Å². The molecule has 1 aliphatic heterocycles. The first-order valence-electron chi connectivity index (χ1n) is 13.5. The lowest BCUT2D eigenvalue weighted by Crippen LogP contribution is -2.54. The molecule has 0 aromatic heterocycles. The molecule has 0 atom stereocenters. The molecule has 12 heteroatoms. The van der Waals surface area contributed by atoms with Crippen LogP contribution in [-0.2, 0) is 22.8 Å². The summed E-state index contributed by atoms with van der Waals surface area (Å²) < 4.78 is 19.2. The van der Waals surface area contributed by atoms with Gasteiger partial charge in [-0.3, -0.25) is 14.9 Å². The Hall–Kier alpha value is -3.83. The monoisotopic (exact) mass is 772 g/mol. The molecule has 8 nitrogen and oxygen atoms in total. The van der Waals surface area contributed by atoms with Crippen LogP contribution >= 0.6 is 55.1 Å². The molecule has 0 unspecified atom stereocenters. The van der Waals surface area contributed by atoms with E-state index in [-0.39, 0.29) is 17.9 Å². The number of anilines is 1. The van der Waals surface area contributed by atoms with Crippen molar-refractivity contribution in [2.45, 2.75) is 20.1 Å². The number of hydrogen-bond donors (Lipinski definition) is 1. The number of nitrogens with one attached hydrogen (secondary N) is 1. The topological polar surface area (TPSA) is 94.2 Å². The Labute approximate surface area is 286 Å². The van der Waals surface area contributed by atoms with Crippen LogP contribution in [0.5, 0.6) is 17.2 Å². The van der Waals surface area contributed by atoms with Gasteiger partial charge in [-0.15, -0.1) is 0 Å². The minimum atomic E-state index is -0.864. The number of halogens is 4. The number of carbonyl (C=O) groups excluding carboxylic acids is 3. The second-order valence-electron chi connectivity index (χ2n) is 9.65. The number of barbiturate groups is 1. The van der Waals surface area contributed by atoms with E-state index in [0.29, 0.717) is 50.5 Å². The molecule has 0 bridgehead atoms. The molecule has 1 aliphatic rings. The summed E-state index contributed by atoms with van der Waals surface area (Å²) in [5.41, 5.74) is 2.20. The number of benzene rings is 4. The molecule has 4 aromatic carbocycles. The van der Waals surface area contributed by atoms with Crippen molar-refractivity contribution in [2.75, 3.05) is 11.5 Å². The number of urea groups is 1. The van der Waals surface area contributed by atoms with Gasteiger partial charge in [0, 0.05) is 20.1 Å². The minimum absolute atomic E-state index is 0.188. The molecule has 4 aromatic rings. The van der Waals surface area contributed by atoms with Crippen molar-refractivity contribution >= 4 is 84.7 Å². The number of hydrogen-bond acceptors (Lipinski definition) is 6. The van der Waals surface area contributed by atoms with Crippen molar-refractivity contribution in [3.63, 3.8) is 0 Å². The van der Waals surface area contributed by atoms with E-state index in [0.717, 1.165) is 20.5 Å². The van der Waals surface area contributed by atoms with E-state index in [1.165, 1.54) is 6.08 Å². The van der Waals surface area contributed by atoms with Crippen LogP contribution in [0.4, 0.5) is 10.5 Å². The molecule has 230 valence electrons. The van der Waals surface area contributed by atoms with Crippen LogP contribution in [0.1, 0.15) is 23.6 Å². The molecule has 4 amide bonds. The molecule has 0 saturated carbocycles. The molecule has 0 spiro atoms. The molecule has 1 saturated heterocycles. The lowest BCUT2D eigenvalue weighted by Gasteiger charge is -2.26. The second-order valence-corrected chi connectivity index (χ2v) is 12.3. The fourth-order valence-electron chi connectivity index (χ4n) is 4.36. The molecule has 1 fully saturated rings. The highest BCUT2D eigenvalue weighted by Gasteiger charge is 2.37. The Balaban J connectivity index is 1.35. The van der Waals surface area contributed by atoms with Gasteiger partial charge in [0.15, 0.2) is 11.5 Å². The van der Waals surface area contributed by atoms with Crippen LogP contribution in [0.15, 0.2) is 93.4 Å². The van der Waals surface area contributed by atoms with Crippen molar-refractivity contribution < 1.29 is 28.6 Å². The van der Waals surface area contributed by atoms with E-state index < -0.39 is 17.8 Å². The summed E-state index contributed by atoms with van der Waals surface area (Å²) in [7, 11) is 0. The van der Waals surface area contributed by atoms with E-state index in [4.69, 9.17) is 37.4 Å². The lowest BCUT2D eigenvalue weighted by atomic mass is 10.1. The van der Waals surface area contributed by atoms with Gasteiger partial charge in [0.2, 0.25) is 0 Å². The third kappa shape index (κ3) is 7.88. The molecule has 45 heavy (non-hydrogen) atoms. The van der Waals surface area contributed by atoms with E-state index in [1.807, 2.05) is 31.2 Å². The van der Waals surface area contributed by atoms with Gasteiger partial charge < -0.3 is 14.2 Å². The smallest absolute Gasteiger partial charge is 0.335 e. The summed E-state index contributed by atoms with van der Waals surface area (Å²) >= 11 is 19.1. The molecule has 0 radical (unpaired) electrons. The Morgan fingerprint density at radius 3 is 2.27 bits per heavy atom. The number of ether oxygens (including phenoxy) is 3. The van der Waals surface area contributed by atoms with Gasteiger partial charge in [0.05, 0.1) is 16.8 Å². The third-order valence-electron chi connectivity index (χ3n) is 6.55. The number of nitrogens with zero attached hydrogens (tertiary/aromatic N) is 1. The maximum Gasteiger partial charge on any atom is 0.335 e. The Morgan fingerprint density at radius 1 is 0.844 bits per heavy atom. The maximum absolute atomic E-state index is 13.5. The molecular weight excluding hydrogens is 751 g/mol. The summed E-state index contributed by atoms with van der Waals surface area (Å²) in [4.78, 5) is 40.0. The Morgan fingerprint density at radius 2 is 1.58 bits per heavy atom. The molecule has 0 aliphatic carbocycles. The first kappa shape index (κ1) is 32.6. The van der Waals surface area contributed by atoms with Gasteiger partial charge in [-0.2, -0.15) is 0 Å². The Bertz CT molecular complexity index is 1800. The lowest BCUT2D eigenvalue weighted by molar-refractivity contribution is -0.122. The van der Waals surface area contributed by atoms with Crippen LogP contribution in [0.3, 0.4) is 0 Å². The Kier molecular flexibility index (Phi) is 10.5. The van der Waals surface area contributed by atoms with Gasteiger partial charge in [-0.05, 0) is 101 Å². The van der Waals surface area contributed by atoms with E-state index >= 15 is 0 Å². The molecule has 1 N–H and O–H groups in total. The fourth-order valence-corrected chi connectivity index (χ4v) is 5.66. The summed E-state index contributed by atoms with van der Waals surface area (Å²) in [6.45, 7) is 2.67. The van der Waals surface area contributed by atoms with Crippen LogP contribution in [0.2, 0.25) is 10.0 Å². The standard InChI is InChI=1S/C33H24Br2Cl2N2O6/c1-2-43-29-15-20(14-27(35)30(29)45-17-19-3-6-22(34)7-4-19)13-26-31(40)38-33(42)39(32(26)41)24-9-11-25(12-10-24)44-18-21-5-8-23(36)16-28(21)37/h3-16H,2,17-18H2,1H3,(H,38,40,42)/b26-13+. The van der Waals surface area contributed by atoms with E-state index in [9.17, 15) is 14.4 Å². The summed E-state index contributed by atoms with van der Waals surface area (Å²) in [5.74, 6) is -0.223. The van der Waals surface area contributed by atoms with E-state index in [1.54, 1.807) is 54.6 Å². The average molecular weight is 775 g/mol. The van der Waals surface area contributed by atoms with Crippen molar-refractivity contribution in [3.8, 4) is 17.2 Å². The quantitative estimate of drug-likeness (QED) is 0.128. The number of carbonyl (C=O) groups is 3. The van der Waals surface area contributed by atoms with Gasteiger partial charge in [-0.1, -0.05) is 57.3 Å². The fraction of sp³-hybridized carbons (Fsp3) is 0.121. The highest BCUT2D eigenvalue weighted by Crippen LogP contribution is 2.38. The van der Waals surface area contributed by atoms with Crippen LogP contribution in [-0.4, -0.2) is 24.5 Å². The summed E-state index contributed by atoms with van der Waals surface area (Å²) in [5, 5.41) is 3.23. The third-order valence-corrected chi connectivity index (χ3v) is 8.25. The summed E-state index contributed by atoms with van der Waals surface area (Å²) in [6.07, 6.45) is 1.40. The summed E-state index contributed by atoms with van der Waals surface area (Å²) in [6, 6.07) is 21.6. The van der Waals surface area contributed by atoms with Crippen molar-refractivity contribution in [1.29, 1.82) is 0 Å². The number of imide groups is 2. The highest BCUT2D eigenvalue weighted by molar-refractivity contribution is 9.10. The van der Waals surface area contributed by atoms with Crippen molar-refractivity contribution in [3.05, 3.63) is 120 Å². The van der Waals surface area contributed by atoms with Crippen LogP contribution < -0.4 is 24.4 Å². The van der Waals surface area contributed by atoms with Crippen molar-refractivity contribution in [1.82, 2.24) is 5.32 Å². The minimum Gasteiger partial charge on any atom is -0.490 e. The predicted molar refractivity (Wildman–Crippen MR) is 180 cm³/mol. The maximum atomic E-state index is 13.5. The molecule has 1 heterocycles. The first-order valence-corrected chi connectivity index (χ1v) is 15.9. The second kappa shape index (κ2) is 14.5. The van der Waals surface area contributed by atoms with Gasteiger partial charge in [-0.25, -0.2) is 9.69 Å². The number of rotatable bonds is 10. The number of amides is 4. The highest BCUT2D eigenvalue weighted by atomic mass is 79.9. The van der Waals surface area contributed by atoms with Crippen molar-refractivity contribution in [2.24, 2.45) is 0 Å². The zero-order valence-corrected chi connectivity index (χ0v) is 28.3. The normalized spacial score (nSPS) is 14.0. The molecular formula is C33H24Br2Cl2N2O6. The van der Waals surface area contributed by atoms with Gasteiger partial charge in [0.1, 0.15) is 24.5 Å². The van der Waals surface area contributed by atoms with Gasteiger partial charge in [0.25, 0.3) is 11.8 Å². The van der Waals surface area contributed by atoms with Gasteiger partial charge >= 0.3 is 6.03 Å². The SMILES string of the molecule is CCOc1cc(/C=C2\C(=O)NC(=O)N(c3ccc(OCc4ccc(Cl)cc4Cl)cc3)C2=O)cc(Br)c1OCc1ccc(Br)cc1. The zero-order chi connectivity index (χ0) is 32.1. The largest absolute Gasteiger partial charge is 0.490 e. The zero-order valence-electron chi connectivity index (χ0n) is 23.6. The van der Waals surface area contributed by atoms with Crippen LogP contribution in [0.25, 0.3) is 6.08 Å². The predicted octanol–water partition coefficient (Wildman–Crippen LogP) is 8.74. The molecule has 5 rings (SSSR count). The van der Waals surface area contributed by atoms with E-state index in [2.05, 4.69) is 37.2 Å².